The van der Waals surface area contributed by atoms with Gasteiger partial charge >= 0.3 is 5.97 Å². The van der Waals surface area contributed by atoms with Gasteiger partial charge in [0.05, 0.1) is 5.56 Å². The highest BCUT2D eigenvalue weighted by Crippen LogP contribution is 2.32. The quantitative estimate of drug-likeness (QED) is 0.234. The van der Waals surface area contributed by atoms with E-state index in [1.807, 2.05) is 26.0 Å². The van der Waals surface area contributed by atoms with Gasteiger partial charge in [-0.25, -0.2) is 18.0 Å². The summed E-state index contributed by atoms with van der Waals surface area (Å²) in [4.78, 5) is 12.3. The van der Waals surface area contributed by atoms with Crippen molar-refractivity contribution in [2.45, 2.75) is 20.3 Å². The summed E-state index contributed by atoms with van der Waals surface area (Å²) in [5.41, 5.74) is 2.90. The molecule has 0 unspecified atom stereocenters. The van der Waals surface area contributed by atoms with Gasteiger partial charge in [0.15, 0.2) is 11.6 Å². The van der Waals surface area contributed by atoms with Crippen LogP contribution in [0.3, 0.4) is 0 Å². The minimum absolute atomic E-state index is 0.0856. The maximum Gasteiger partial charge on any atom is 0.346 e. The van der Waals surface area contributed by atoms with Gasteiger partial charge in [0.25, 0.3) is 0 Å². The number of carbonyl (C=O) groups is 1. The first kappa shape index (κ1) is 22.3. The molecule has 0 spiro atoms. The van der Waals surface area contributed by atoms with E-state index in [1.165, 1.54) is 48.5 Å². The fraction of sp³-hybridized carbons (Fsp3) is 0.107. The van der Waals surface area contributed by atoms with Crippen LogP contribution >= 0.6 is 0 Å². The van der Waals surface area contributed by atoms with Gasteiger partial charge in [-0.1, -0.05) is 67.1 Å². The van der Waals surface area contributed by atoms with E-state index in [9.17, 15) is 18.0 Å². The minimum atomic E-state index is -0.962. The van der Waals surface area contributed by atoms with Crippen LogP contribution in [0, 0.1) is 24.4 Å². The van der Waals surface area contributed by atoms with Gasteiger partial charge in [-0.2, -0.15) is 0 Å². The monoisotopic (exact) mass is 446 g/mol. The van der Waals surface area contributed by atoms with Crippen LogP contribution in [0.5, 0.6) is 5.75 Å². The predicted octanol–water partition coefficient (Wildman–Crippen LogP) is 7.53. The van der Waals surface area contributed by atoms with Gasteiger partial charge in [-0.3, -0.25) is 0 Å². The summed E-state index contributed by atoms with van der Waals surface area (Å²) in [6, 6.07) is 20.5. The minimum Gasteiger partial charge on any atom is -0.423 e. The first-order valence-corrected chi connectivity index (χ1v) is 10.5. The number of benzene rings is 4. The Morgan fingerprint density at radius 2 is 1.30 bits per heavy atom. The molecule has 4 aromatic carbocycles. The molecular weight excluding hydrogens is 425 g/mol. The average Bonchev–Trinajstić information content (AvgIpc) is 2.82. The lowest BCUT2D eigenvalue weighted by Gasteiger charge is -2.10. The largest absolute Gasteiger partial charge is 0.423 e. The highest BCUT2D eigenvalue weighted by atomic mass is 19.2. The topological polar surface area (TPSA) is 26.3 Å². The molecule has 0 atom stereocenters. The Balaban J connectivity index is 1.55. The van der Waals surface area contributed by atoms with Crippen molar-refractivity contribution in [1.82, 2.24) is 0 Å². The summed E-state index contributed by atoms with van der Waals surface area (Å²) in [6.45, 7) is 3.81. The number of hydrogen-bond donors (Lipinski definition) is 0. The van der Waals surface area contributed by atoms with Crippen molar-refractivity contribution in [2.75, 3.05) is 0 Å². The van der Waals surface area contributed by atoms with Gasteiger partial charge in [-0.05, 0) is 54.3 Å². The van der Waals surface area contributed by atoms with Gasteiger partial charge in [0.1, 0.15) is 11.6 Å². The van der Waals surface area contributed by atoms with E-state index in [4.69, 9.17) is 4.74 Å². The molecule has 0 saturated carbocycles. The first-order chi connectivity index (χ1) is 15.9. The number of ether oxygens (including phenoxy) is 1. The molecule has 0 saturated heterocycles. The standard InChI is InChI=1S/C28H21F3O2/c1-3-18-6-13-24(25(29)16-18)28(32)33-21-11-9-20(10-12-21)23-15-14-22(26(30)27(23)31)19-7-4-17(2)5-8-19/h4-16H,3H2,1-2H3. The number of aryl methyl sites for hydroxylation is 2. The number of carbonyl (C=O) groups excluding carboxylic acids is 1. The van der Waals surface area contributed by atoms with Crippen LogP contribution < -0.4 is 4.74 Å². The summed E-state index contributed by atoms with van der Waals surface area (Å²) in [7, 11) is 0. The molecule has 5 heteroatoms. The lowest BCUT2D eigenvalue weighted by Crippen LogP contribution is -2.11. The van der Waals surface area contributed by atoms with Crippen molar-refractivity contribution >= 4 is 5.97 Å². The summed E-state index contributed by atoms with van der Waals surface area (Å²) in [5, 5.41) is 0. The fourth-order valence-electron chi connectivity index (χ4n) is 3.54. The van der Waals surface area contributed by atoms with Crippen LogP contribution in [0.1, 0.15) is 28.4 Å². The molecule has 0 heterocycles. The van der Waals surface area contributed by atoms with E-state index < -0.39 is 23.4 Å². The molecule has 33 heavy (non-hydrogen) atoms. The molecule has 0 aliphatic heterocycles. The van der Waals surface area contributed by atoms with Crippen LogP contribution in [-0.2, 0) is 6.42 Å². The average molecular weight is 446 g/mol. The van der Waals surface area contributed by atoms with E-state index in [0.29, 0.717) is 17.5 Å². The highest BCUT2D eigenvalue weighted by Gasteiger charge is 2.17. The first-order valence-electron chi connectivity index (χ1n) is 10.5. The third-order valence-electron chi connectivity index (χ3n) is 5.48. The second kappa shape index (κ2) is 9.33. The van der Waals surface area contributed by atoms with Gasteiger partial charge in [0.2, 0.25) is 0 Å². The van der Waals surface area contributed by atoms with E-state index in [1.54, 1.807) is 18.2 Å². The lowest BCUT2D eigenvalue weighted by molar-refractivity contribution is 0.0730. The third-order valence-corrected chi connectivity index (χ3v) is 5.48. The Bertz CT molecular complexity index is 1310. The maximum atomic E-state index is 14.8. The number of esters is 1. The summed E-state index contributed by atoms with van der Waals surface area (Å²) < 4.78 is 49.0. The smallest absolute Gasteiger partial charge is 0.346 e. The van der Waals surface area contributed by atoms with E-state index in [-0.39, 0.29) is 22.4 Å². The SMILES string of the molecule is CCc1ccc(C(=O)Oc2ccc(-c3ccc(-c4ccc(C)cc4)c(F)c3F)cc2)c(F)c1. The van der Waals surface area contributed by atoms with E-state index >= 15 is 0 Å². The number of hydrogen-bond acceptors (Lipinski definition) is 2. The lowest BCUT2D eigenvalue weighted by atomic mass is 9.98. The van der Waals surface area contributed by atoms with Crippen LogP contribution in [0.25, 0.3) is 22.3 Å². The molecule has 4 aromatic rings. The fourth-order valence-corrected chi connectivity index (χ4v) is 3.54. The molecule has 4 rings (SSSR count). The molecule has 0 fully saturated rings. The van der Waals surface area contributed by atoms with Crippen molar-refractivity contribution in [3.63, 3.8) is 0 Å². The van der Waals surface area contributed by atoms with Crippen LogP contribution in [-0.4, -0.2) is 5.97 Å². The Morgan fingerprint density at radius 3 is 1.82 bits per heavy atom. The number of halogens is 3. The molecule has 0 radical (unpaired) electrons. The third kappa shape index (κ3) is 4.67. The zero-order valence-electron chi connectivity index (χ0n) is 18.2. The maximum absolute atomic E-state index is 14.8. The van der Waals surface area contributed by atoms with Gasteiger partial charge in [0, 0.05) is 11.1 Å². The normalized spacial score (nSPS) is 10.8. The van der Waals surface area contributed by atoms with Crippen LogP contribution in [0.15, 0.2) is 78.9 Å². The van der Waals surface area contributed by atoms with Crippen LogP contribution in [0.2, 0.25) is 0 Å². The van der Waals surface area contributed by atoms with E-state index in [2.05, 4.69) is 0 Å². The molecule has 0 aromatic heterocycles. The summed E-state index contributed by atoms with van der Waals surface area (Å²) in [5.74, 6) is -3.21. The van der Waals surface area contributed by atoms with Gasteiger partial charge < -0.3 is 4.74 Å². The molecule has 166 valence electrons. The van der Waals surface area contributed by atoms with Crippen molar-refractivity contribution in [3.05, 3.63) is 113 Å². The molecule has 0 aliphatic carbocycles. The summed E-state index contributed by atoms with van der Waals surface area (Å²) >= 11 is 0. The van der Waals surface area contributed by atoms with Crippen LogP contribution in [0.4, 0.5) is 13.2 Å². The van der Waals surface area contributed by atoms with Crippen molar-refractivity contribution in [2.24, 2.45) is 0 Å². The highest BCUT2D eigenvalue weighted by molar-refractivity contribution is 5.91. The molecular formula is C28H21F3O2. The molecule has 0 aliphatic rings. The second-order valence-electron chi connectivity index (χ2n) is 7.74. The van der Waals surface area contributed by atoms with Gasteiger partial charge in [-0.15, -0.1) is 0 Å². The molecule has 2 nitrogen and oxygen atoms in total. The Labute approximate surface area is 190 Å². The Morgan fingerprint density at radius 1 is 0.758 bits per heavy atom. The predicted molar refractivity (Wildman–Crippen MR) is 123 cm³/mol. The van der Waals surface area contributed by atoms with Crippen molar-refractivity contribution in [1.29, 1.82) is 0 Å². The van der Waals surface area contributed by atoms with Crippen molar-refractivity contribution < 1.29 is 22.7 Å². The Hall–Kier alpha value is -3.86. The van der Waals surface area contributed by atoms with E-state index in [0.717, 1.165) is 11.1 Å². The molecule has 0 N–H and O–H groups in total. The van der Waals surface area contributed by atoms with Crippen molar-refractivity contribution in [3.8, 4) is 28.0 Å². The summed E-state index contributed by atoms with van der Waals surface area (Å²) in [6.07, 6.45) is 0.650. The zero-order chi connectivity index (χ0) is 23.5. The molecule has 0 amide bonds. The Kier molecular flexibility index (Phi) is 6.31. The molecule has 0 bridgehead atoms. The number of rotatable bonds is 5. The second-order valence-corrected chi connectivity index (χ2v) is 7.74. The zero-order valence-corrected chi connectivity index (χ0v) is 18.2.